The molecule has 1 aromatic heterocycles. The molecule has 4 rings (SSSR count). The van der Waals surface area contributed by atoms with Gasteiger partial charge in [0.2, 0.25) is 5.91 Å². The molecule has 1 unspecified atom stereocenters. The number of hydrogen-bond donors (Lipinski definition) is 1. The van der Waals surface area contributed by atoms with E-state index in [1.165, 1.54) is 29.9 Å². The quantitative estimate of drug-likeness (QED) is 0.619. The molecule has 2 heterocycles. The average Bonchev–Trinajstić information content (AvgIpc) is 3.49. The van der Waals surface area contributed by atoms with Crippen molar-refractivity contribution >= 4 is 23.5 Å². The molecule has 0 spiro atoms. The fourth-order valence-electron chi connectivity index (χ4n) is 4.64. The maximum atomic E-state index is 13.8. The Kier molecular flexibility index (Phi) is 6.49. The summed E-state index contributed by atoms with van der Waals surface area (Å²) >= 11 is 0. The van der Waals surface area contributed by atoms with Crippen molar-refractivity contribution < 1.29 is 28.6 Å². The van der Waals surface area contributed by atoms with Crippen LogP contribution < -0.4 is 19.7 Å². The Morgan fingerprint density at radius 3 is 2.56 bits per heavy atom. The molecule has 1 fully saturated rings. The number of rotatable bonds is 7. The highest BCUT2D eigenvalue weighted by Gasteiger charge is 2.50. The van der Waals surface area contributed by atoms with Crippen LogP contribution in [0.4, 0.5) is 5.69 Å². The van der Waals surface area contributed by atoms with E-state index in [1.807, 2.05) is 0 Å². The van der Waals surface area contributed by atoms with Crippen LogP contribution in [0.2, 0.25) is 0 Å². The van der Waals surface area contributed by atoms with Gasteiger partial charge >= 0.3 is 5.97 Å². The molecule has 0 bridgehead atoms. The zero-order valence-corrected chi connectivity index (χ0v) is 19.9. The second-order valence-corrected chi connectivity index (χ2v) is 8.70. The van der Waals surface area contributed by atoms with E-state index in [2.05, 4.69) is 10.4 Å². The Morgan fingerprint density at radius 2 is 1.91 bits per heavy atom. The van der Waals surface area contributed by atoms with E-state index >= 15 is 0 Å². The predicted molar refractivity (Wildman–Crippen MR) is 123 cm³/mol. The van der Waals surface area contributed by atoms with Crippen molar-refractivity contribution in [2.45, 2.75) is 57.7 Å². The number of nitrogens with one attached hydrogen (secondary N) is 1. The number of amides is 2. The van der Waals surface area contributed by atoms with Crippen LogP contribution in [0.25, 0.3) is 0 Å². The van der Waals surface area contributed by atoms with Gasteiger partial charge in [-0.25, -0.2) is 4.79 Å². The number of esters is 1. The lowest BCUT2D eigenvalue weighted by Crippen LogP contribution is -2.65. The van der Waals surface area contributed by atoms with Crippen molar-refractivity contribution in [3.05, 3.63) is 35.7 Å². The summed E-state index contributed by atoms with van der Waals surface area (Å²) in [6, 6.07) is 6.52. The maximum Gasteiger partial charge on any atom is 0.358 e. The minimum Gasteiger partial charge on any atom is -0.497 e. The van der Waals surface area contributed by atoms with Gasteiger partial charge in [0.15, 0.2) is 5.69 Å². The largest absolute Gasteiger partial charge is 0.497 e. The van der Waals surface area contributed by atoms with E-state index in [1.54, 1.807) is 32.0 Å². The molecule has 182 valence electrons. The normalized spacial score (nSPS) is 20.1. The van der Waals surface area contributed by atoms with Crippen molar-refractivity contribution in [3.8, 4) is 11.5 Å². The molecule has 1 aliphatic heterocycles. The number of benzene rings is 1. The smallest absolute Gasteiger partial charge is 0.358 e. The number of hydrogen-bond acceptors (Lipinski definition) is 7. The lowest BCUT2D eigenvalue weighted by molar-refractivity contribution is -0.127. The Morgan fingerprint density at radius 1 is 1.18 bits per heavy atom. The van der Waals surface area contributed by atoms with Gasteiger partial charge in [-0.15, -0.1) is 0 Å². The van der Waals surface area contributed by atoms with Gasteiger partial charge in [0, 0.05) is 18.2 Å². The number of anilines is 1. The molecule has 1 aliphatic carbocycles. The van der Waals surface area contributed by atoms with Crippen molar-refractivity contribution in [1.82, 2.24) is 15.1 Å². The number of fused-ring (bicyclic) bond motifs is 1. The van der Waals surface area contributed by atoms with Crippen LogP contribution in [0.5, 0.6) is 11.5 Å². The van der Waals surface area contributed by atoms with Crippen LogP contribution >= 0.6 is 0 Å². The molecule has 1 N–H and O–H groups in total. The Labute approximate surface area is 198 Å². The SMILES string of the molecule is CCOC(=O)c1cc2n(n1)CC(C)(C(=O)NC1CCCC1)N(c1ccc(OC)cc1OC)C2=O. The first-order valence-corrected chi connectivity index (χ1v) is 11.4. The molecule has 2 aromatic rings. The van der Waals surface area contributed by atoms with Crippen LogP contribution in [0.3, 0.4) is 0 Å². The topological polar surface area (TPSA) is 112 Å². The Bertz CT molecular complexity index is 1110. The summed E-state index contributed by atoms with van der Waals surface area (Å²) in [6.07, 6.45) is 3.93. The highest BCUT2D eigenvalue weighted by Crippen LogP contribution is 2.40. The molecule has 1 saturated carbocycles. The van der Waals surface area contributed by atoms with Gasteiger partial charge in [0.25, 0.3) is 5.91 Å². The van der Waals surface area contributed by atoms with Gasteiger partial charge in [0.05, 0.1) is 33.1 Å². The van der Waals surface area contributed by atoms with Gasteiger partial charge < -0.3 is 19.5 Å². The number of aromatic nitrogens is 2. The molecule has 10 heteroatoms. The summed E-state index contributed by atoms with van der Waals surface area (Å²) in [5.41, 5.74) is -0.700. The van der Waals surface area contributed by atoms with Gasteiger partial charge in [-0.05, 0) is 38.8 Å². The number of methoxy groups -OCH3 is 2. The first-order valence-electron chi connectivity index (χ1n) is 11.4. The van der Waals surface area contributed by atoms with E-state index in [0.29, 0.717) is 17.2 Å². The fraction of sp³-hybridized carbons (Fsp3) is 0.500. The first kappa shape index (κ1) is 23.6. The lowest BCUT2D eigenvalue weighted by Gasteiger charge is -2.43. The first-order chi connectivity index (χ1) is 16.3. The van der Waals surface area contributed by atoms with Crippen LogP contribution in [-0.4, -0.2) is 60.0 Å². The maximum absolute atomic E-state index is 13.8. The minimum absolute atomic E-state index is 0.0206. The molecule has 10 nitrogen and oxygen atoms in total. The summed E-state index contributed by atoms with van der Waals surface area (Å²) in [7, 11) is 3.03. The Hall–Kier alpha value is -3.56. The van der Waals surface area contributed by atoms with E-state index in [0.717, 1.165) is 25.7 Å². The zero-order chi connectivity index (χ0) is 24.5. The molecule has 1 aromatic carbocycles. The third-order valence-electron chi connectivity index (χ3n) is 6.45. The van der Waals surface area contributed by atoms with E-state index in [9.17, 15) is 14.4 Å². The molecule has 0 saturated heterocycles. The molecule has 2 aliphatic rings. The highest BCUT2D eigenvalue weighted by molar-refractivity contribution is 6.13. The zero-order valence-electron chi connectivity index (χ0n) is 19.9. The fourth-order valence-corrected chi connectivity index (χ4v) is 4.64. The second-order valence-electron chi connectivity index (χ2n) is 8.70. The molecular formula is C24H30N4O6. The minimum atomic E-state index is -1.33. The molecule has 0 radical (unpaired) electrons. The number of nitrogens with zero attached hydrogens (tertiary/aromatic N) is 3. The highest BCUT2D eigenvalue weighted by atomic mass is 16.5. The molecule has 2 amide bonds. The predicted octanol–water partition coefficient (Wildman–Crippen LogP) is 2.55. The number of carbonyl (C=O) groups excluding carboxylic acids is 3. The summed E-state index contributed by atoms with van der Waals surface area (Å²) in [5.74, 6) is -0.447. The monoisotopic (exact) mass is 470 g/mol. The summed E-state index contributed by atoms with van der Waals surface area (Å²) in [5, 5.41) is 7.41. The standard InChI is InChI=1S/C24H30N4O6/c1-5-34-22(30)17-13-19-21(29)28(18-11-10-16(32-3)12-20(18)33-4)24(2,14-27(19)26-17)23(31)25-15-8-6-7-9-15/h10-13,15H,5-9,14H2,1-4H3,(H,25,31). The van der Waals surface area contributed by atoms with E-state index in [-0.39, 0.29) is 36.5 Å². The van der Waals surface area contributed by atoms with Crippen LogP contribution in [0, 0.1) is 0 Å². The number of carbonyl (C=O) groups is 3. The van der Waals surface area contributed by atoms with Gasteiger partial charge in [0.1, 0.15) is 22.7 Å². The summed E-state index contributed by atoms with van der Waals surface area (Å²) < 4.78 is 17.3. The number of ether oxygens (including phenoxy) is 3. The van der Waals surface area contributed by atoms with Gasteiger partial charge in [-0.1, -0.05) is 12.8 Å². The van der Waals surface area contributed by atoms with Gasteiger partial charge in [-0.3, -0.25) is 19.2 Å². The molecular weight excluding hydrogens is 440 g/mol. The molecule has 34 heavy (non-hydrogen) atoms. The van der Waals surface area contributed by atoms with E-state index in [4.69, 9.17) is 14.2 Å². The van der Waals surface area contributed by atoms with Crippen molar-refractivity contribution in [2.75, 3.05) is 25.7 Å². The lowest BCUT2D eigenvalue weighted by atomic mass is 9.93. The van der Waals surface area contributed by atoms with Crippen molar-refractivity contribution in [1.29, 1.82) is 0 Å². The summed E-state index contributed by atoms with van der Waals surface area (Å²) in [4.78, 5) is 41.2. The third kappa shape index (κ3) is 4.08. The van der Waals surface area contributed by atoms with Crippen LogP contribution in [0.15, 0.2) is 24.3 Å². The van der Waals surface area contributed by atoms with Crippen LogP contribution in [0.1, 0.15) is 60.5 Å². The van der Waals surface area contributed by atoms with Crippen molar-refractivity contribution in [3.63, 3.8) is 0 Å². The summed E-state index contributed by atoms with van der Waals surface area (Å²) in [6.45, 7) is 3.64. The molecule has 1 atom stereocenters. The average molecular weight is 471 g/mol. The second kappa shape index (κ2) is 9.36. The Balaban J connectivity index is 1.81. The van der Waals surface area contributed by atoms with E-state index < -0.39 is 17.4 Å². The van der Waals surface area contributed by atoms with Gasteiger partial charge in [-0.2, -0.15) is 5.10 Å². The van der Waals surface area contributed by atoms with Crippen molar-refractivity contribution in [2.24, 2.45) is 0 Å². The third-order valence-corrected chi connectivity index (χ3v) is 6.45. The van der Waals surface area contributed by atoms with Crippen LogP contribution in [-0.2, 0) is 16.1 Å².